The maximum Gasteiger partial charge on any atom is 0.261 e. The van der Waals surface area contributed by atoms with E-state index in [1.165, 1.54) is 12.1 Å². The van der Waals surface area contributed by atoms with Gasteiger partial charge in [0.15, 0.2) is 0 Å². The maximum atomic E-state index is 12.3. The SMILES string of the molecule is Cc1cc(C)cc(NS(=O)(=O)c2ccc(C(C)O)cc2)c1. The summed E-state index contributed by atoms with van der Waals surface area (Å²) >= 11 is 0. The first-order valence-electron chi connectivity index (χ1n) is 6.67. The van der Waals surface area contributed by atoms with Gasteiger partial charge in [0.2, 0.25) is 0 Å². The van der Waals surface area contributed by atoms with Gasteiger partial charge in [-0.15, -0.1) is 0 Å². The molecule has 0 aliphatic heterocycles. The summed E-state index contributed by atoms with van der Waals surface area (Å²) in [5.41, 5.74) is 3.22. The summed E-state index contributed by atoms with van der Waals surface area (Å²) in [4.78, 5) is 0.172. The van der Waals surface area contributed by atoms with Crippen LogP contribution in [0.15, 0.2) is 47.4 Å². The third kappa shape index (κ3) is 3.83. The Bertz CT molecular complexity index is 714. The summed E-state index contributed by atoms with van der Waals surface area (Å²) < 4.78 is 27.2. The summed E-state index contributed by atoms with van der Waals surface area (Å²) in [6.45, 7) is 5.47. The van der Waals surface area contributed by atoms with Crippen LogP contribution >= 0.6 is 0 Å². The van der Waals surface area contributed by atoms with Crippen LogP contribution in [0.5, 0.6) is 0 Å². The second kappa shape index (κ2) is 5.87. The van der Waals surface area contributed by atoms with Crippen molar-refractivity contribution in [2.24, 2.45) is 0 Å². The molecule has 0 saturated heterocycles. The van der Waals surface area contributed by atoms with Crippen LogP contribution in [0.25, 0.3) is 0 Å². The van der Waals surface area contributed by atoms with E-state index >= 15 is 0 Å². The molecule has 4 nitrogen and oxygen atoms in total. The van der Waals surface area contributed by atoms with Gasteiger partial charge in [-0.3, -0.25) is 4.72 Å². The molecule has 1 atom stereocenters. The lowest BCUT2D eigenvalue weighted by Gasteiger charge is -2.11. The van der Waals surface area contributed by atoms with E-state index in [1.54, 1.807) is 31.2 Å². The molecule has 2 aromatic carbocycles. The number of sulfonamides is 1. The molecule has 0 aliphatic carbocycles. The molecule has 0 heterocycles. The number of nitrogens with one attached hydrogen (secondary N) is 1. The third-order valence-electron chi connectivity index (χ3n) is 3.15. The lowest BCUT2D eigenvalue weighted by molar-refractivity contribution is 0.199. The number of rotatable bonds is 4. The molecule has 5 heteroatoms. The number of aliphatic hydroxyl groups is 1. The van der Waals surface area contributed by atoms with Gasteiger partial charge in [0.05, 0.1) is 11.0 Å². The average Bonchev–Trinajstić information content (AvgIpc) is 2.37. The minimum atomic E-state index is -3.62. The number of hydrogen-bond donors (Lipinski definition) is 2. The Morgan fingerprint density at radius 3 is 2.00 bits per heavy atom. The fourth-order valence-electron chi connectivity index (χ4n) is 2.17. The molecule has 0 spiro atoms. The van der Waals surface area contributed by atoms with E-state index in [-0.39, 0.29) is 4.90 Å². The molecular weight excluding hydrogens is 286 g/mol. The lowest BCUT2D eigenvalue weighted by Crippen LogP contribution is -2.13. The Morgan fingerprint density at radius 1 is 1.00 bits per heavy atom. The van der Waals surface area contributed by atoms with Gasteiger partial charge in [0.25, 0.3) is 10.0 Å². The van der Waals surface area contributed by atoms with E-state index in [2.05, 4.69) is 4.72 Å². The first kappa shape index (κ1) is 15.5. The number of benzene rings is 2. The van der Waals surface area contributed by atoms with Crippen LogP contribution in [0.2, 0.25) is 0 Å². The van der Waals surface area contributed by atoms with E-state index in [4.69, 9.17) is 0 Å². The van der Waals surface area contributed by atoms with Crippen LogP contribution in [0.3, 0.4) is 0 Å². The predicted molar refractivity (Wildman–Crippen MR) is 83.8 cm³/mol. The van der Waals surface area contributed by atoms with Gasteiger partial charge < -0.3 is 5.11 Å². The van der Waals surface area contributed by atoms with Crippen molar-refractivity contribution in [1.82, 2.24) is 0 Å². The Balaban J connectivity index is 2.29. The van der Waals surface area contributed by atoms with Crippen LogP contribution in [0, 0.1) is 13.8 Å². The largest absolute Gasteiger partial charge is 0.389 e. The topological polar surface area (TPSA) is 66.4 Å². The summed E-state index contributed by atoms with van der Waals surface area (Å²) in [6.07, 6.45) is -0.617. The Labute approximate surface area is 125 Å². The van der Waals surface area contributed by atoms with Crippen molar-refractivity contribution >= 4 is 15.7 Å². The second-order valence-electron chi connectivity index (χ2n) is 5.23. The van der Waals surface area contributed by atoms with Crippen LogP contribution in [-0.2, 0) is 10.0 Å². The third-order valence-corrected chi connectivity index (χ3v) is 4.54. The zero-order chi connectivity index (χ0) is 15.6. The Morgan fingerprint density at radius 2 is 1.52 bits per heavy atom. The highest BCUT2D eigenvalue weighted by atomic mass is 32.2. The van der Waals surface area contributed by atoms with Crippen LogP contribution < -0.4 is 4.72 Å². The average molecular weight is 305 g/mol. The lowest BCUT2D eigenvalue weighted by atomic mass is 10.1. The molecular formula is C16H19NO3S. The van der Waals surface area contributed by atoms with E-state index in [9.17, 15) is 13.5 Å². The van der Waals surface area contributed by atoms with Gasteiger partial charge in [0.1, 0.15) is 0 Å². The first-order valence-corrected chi connectivity index (χ1v) is 8.15. The number of aryl methyl sites for hydroxylation is 2. The monoisotopic (exact) mass is 305 g/mol. The molecule has 2 N–H and O–H groups in total. The van der Waals surface area contributed by atoms with Crippen molar-refractivity contribution in [1.29, 1.82) is 0 Å². The fourth-order valence-corrected chi connectivity index (χ4v) is 3.21. The van der Waals surface area contributed by atoms with Crippen LogP contribution in [0.1, 0.15) is 29.7 Å². The van der Waals surface area contributed by atoms with Gasteiger partial charge in [-0.2, -0.15) is 0 Å². The van der Waals surface area contributed by atoms with Crippen molar-refractivity contribution in [2.75, 3.05) is 4.72 Å². The fraction of sp³-hybridized carbons (Fsp3) is 0.250. The normalized spacial score (nSPS) is 13.0. The van der Waals surface area contributed by atoms with Crippen molar-refractivity contribution < 1.29 is 13.5 Å². The van der Waals surface area contributed by atoms with Gasteiger partial charge >= 0.3 is 0 Å². The van der Waals surface area contributed by atoms with Gasteiger partial charge in [0, 0.05) is 5.69 Å². The molecule has 0 aromatic heterocycles. The summed E-state index contributed by atoms with van der Waals surface area (Å²) in [7, 11) is -3.62. The molecule has 0 saturated carbocycles. The van der Waals surface area contributed by atoms with Gasteiger partial charge in [-0.05, 0) is 61.7 Å². The van der Waals surface area contributed by atoms with Crippen LogP contribution in [-0.4, -0.2) is 13.5 Å². The van der Waals surface area contributed by atoms with Crippen LogP contribution in [0.4, 0.5) is 5.69 Å². The molecule has 21 heavy (non-hydrogen) atoms. The van der Waals surface area contributed by atoms with Crippen molar-refractivity contribution in [3.63, 3.8) is 0 Å². The van der Waals surface area contributed by atoms with Crippen molar-refractivity contribution in [3.05, 3.63) is 59.2 Å². The molecule has 0 radical (unpaired) electrons. The molecule has 0 fully saturated rings. The molecule has 0 aliphatic rings. The minimum absolute atomic E-state index is 0.172. The first-order chi connectivity index (χ1) is 9.78. The van der Waals surface area contributed by atoms with Crippen molar-refractivity contribution in [2.45, 2.75) is 31.8 Å². The maximum absolute atomic E-state index is 12.3. The smallest absolute Gasteiger partial charge is 0.261 e. The standard InChI is InChI=1S/C16H19NO3S/c1-11-8-12(2)10-15(9-11)17-21(19,20)16-6-4-14(5-7-16)13(3)18/h4-10,13,17-18H,1-3H3. The summed E-state index contributed by atoms with van der Waals surface area (Å²) in [5.74, 6) is 0. The highest BCUT2D eigenvalue weighted by molar-refractivity contribution is 7.92. The van der Waals surface area contributed by atoms with E-state index in [1.807, 2.05) is 19.9 Å². The number of hydrogen-bond acceptors (Lipinski definition) is 3. The number of aliphatic hydroxyl groups excluding tert-OH is 1. The molecule has 0 amide bonds. The highest BCUT2D eigenvalue weighted by Gasteiger charge is 2.15. The summed E-state index contributed by atoms with van der Waals surface area (Å²) in [5, 5.41) is 9.45. The van der Waals surface area contributed by atoms with E-state index < -0.39 is 16.1 Å². The van der Waals surface area contributed by atoms with Gasteiger partial charge in [-0.25, -0.2) is 8.42 Å². The minimum Gasteiger partial charge on any atom is -0.389 e. The second-order valence-corrected chi connectivity index (χ2v) is 6.91. The van der Waals surface area contributed by atoms with E-state index in [0.29, 0.717) is 11.3 Å². The van der Waals surface area contributed by atoms with Crippen molar-refractivity contribution in [3.8, 4) is 0 Å². The zero-order valence-corrected chi connectivity index (χ0v) is 13.1. The Hall–Kier alpha value is -1.85. The quantitative estimate of drug-likeness (QED) is 0.912. The Kier molecular flexibility index (Phi) is 4.34. The van der Waals surface area contributed by atoms with Gasteiger partial charge in [-0.1, -0.05) is 18.2 Å². The molecule has 2 rings (SSSR count). The van der Waals surface area contributed by atoms with E-state index in [0.717, 1.165) is 11.1 Å². The zero-order valence-electron chi connectivity index (χ0n) is 12.3. The molecule has 2 aromatic rings. The molecule has 0 bridgehead atoms. The highest BCUT2D eigenvalue weighted by Crippen LogP contribution is 2.20. The molecule has 112 valence electrons. The summed E-state index contributed by atoms with van der Waals surface area (Å²) in [6, 6.07) is 11.8. The number of anilines is 1. The predicted octanol–water partition coefficient (Wildman–Crippen LogP) is 3.16. The molecule has 1 unspecified atom stereocenters.